The predicted octanol–water partition coefficient (Wildman–Crippen LogP) is 2.15. The van der Waals surface area contributed by atoms with Gasteiger partial charge < -0.3 is 5.11 Å². The van der Waals surface area contributed by atoms with E-state index < -0.39 is 6.10 Å². The summed E-state index contributed by atoms with van der Waals surface area (Å²) in [5.74, 6) is 5.60. The summed E-state index contributed by atoms with van der Waals surface area (Å²) < 4.78 is 0. The molecule has 1 aromatic heterocycles. The predicted molar refractivity (Wildman–Crippen MR) is 56.7 cm³/mol. The fourth-order valence-corrected chi connectivity index (χ4v) is 1.14. The molecule has 0 fully saturated rings. The van der Waals surface area contributed by atoms with E-state index in [1.807, 2.05) is 26.0 Å². The number of hydrogen-bond donors (Lipinski definition) is 1. The summed E-state index contributed by atoms with van der Waals surface area (Å²) in [7, 11) is 0. The molecule has 0 spiro atoms. The smallest absolute Gasteiger partial charge is 0.107 e. The molecular formula is C12H15NO. The Morgan fingerprint density at radius 3 is 2.71 bits per heavy atom. The molecule has 2 heteroatoms. The molecule has 0 bridgehead atoms. The third-order valence-corrected chi connectivity index (χ3v) is 2.19. The molecule has 74 valence electrons. The minimum Gasteiger partial charge on any atom is -0.386 e. The number of aryl methyl sites for hydroxylation is 2. The molecule has 1 heterocycles. The van der Waals surface area contributed by atoms with Crippen molar-refractivity contribution < 1.29 is 5.11 Å². The second-order valence-electron chi connectivity index (χ2n) is 3.29. The van der Waals surface area contributed by atoms with Gasteiger partial charge in [0.2, 0.25) is 0 Å². The fourth-order valence-electron chi connectivity index (χ4n) is 1.14. The van der Waals surface area contributed by atoms with Crippen molar-refractivity contribution in [2.24, 2.45) is 0 Å². The summed E-state index contributed by atoms with van der Waals surface area (Å²) in [6.45, 7) is 5.71. The van der Waals surface area contributed by atoms with Crippen LogP contribution in [0.15, 0.2) is 12.1 Å². The number of rotatable bonds is 2. The van der Waals surface area contributed by atoms with E-state index in [0.29, 0.717) is 12.1 Å². The molecule has 0 aliphatic rings. The normalized spacial score (nSPS) is 11.7. The maximum atomic E-state index is 9.70. The van der Waals surface area contributed by atoms with Crippen LogP contribution in [0.25, 0.3) is 0 Å². The summed E-state index contributed by atoms with van der Waals surface area (Å²) in [4.78, 5) is 4.31. The van der Waals surface area contributed by atoms with Crippen LogP contribution >= 0.6 is 0 Å². The highest BCUT2D eigenvalue weighted by Crippen LogP contribution is 2.15. The molecule has 1 rings (SSSR count). The van der Waals surface area contributed by atoms with Gasteiger partial charge in [-0.25, -0.2) is 0 Å². The molecule has 1 unspecified atom stereocenters. The van der Waals surface area contributed by atoms with E-state index >= 15 is 0 Å². The Labute approximate surface area is 85.0 Å². The lowest BCUT2D eigenvalue weighted by atomic mass is 10.1. The van der Waals surface area contributed by atoms with Gasteiger partial charge in [0.05, 0.1) is 5.69 Å². The van der Waals surface area contributed by atoms with E-state index in [9.17, 15) is 5.11 Å². The third-order valence-electron chi connectivity index (χ3n) is 2.19. The lowest BCUT2D eigenvalue weighted by Gasteiger charge is -2.08. The van der Waals surface area contributed by atoms with E-state index in [1.165, 1.54) is 0 Å². The topological polar surface area (TPSA) is 33.1 Å². The SMILES string of the molecule is CC#CCC(O)c1ccc(C)c(C)n1. The van der Waals surface area contributed by atoms with Crippen molar-refractivity contribution in [1.29, 1.82) is 0 Å². The van der Waals surface area contributed by atoms with Crippen LogP contribution in [-0.4, -0.2) is 10.1 Å². The molecule has 0 saturated carbocycles. The molecule has 0 saturated heterocycles. The molecule has 0 aromatic carbocycles. The van der Waals surface area contributed by atoms with Crippen LogP contribution in [0.4, 0.5) is 0 Å². The van der Waals surface area contributed by atoms with Crippen LogP contribution in [-0.2, 0) is 0 Å². The van der Waals surface area contributed by atoms with Gasteiger partial charge in [0, 0.05) is 12.1 Å². The molecule has 1 N–H and O–H groups in total. The standard InChI is InChI=1S/C12H15NO/c1-4-5-6-12(14)11-8-7-9(2)10(3)13-11/h7-8,12,14H,6H2,1-3H3. The summed E-state index contributed by atoms with van der Waals surface area (Å²) in [5.41, 5.74) is 2.81. The van der Waals surface area contributed by atoms with Crippen molar-refractivity contribution in [2.45, 2.75) is 33.3 Å². The van der Waals surface area contributed by atoms with Gasteiger partial charge in [-0.2, -0.15) is 0 Å². The van der Waals surface area contributed by atoms with Crippen LogP contribution in [0.1, 0.15) is 36.4 Å². The molecule has 1 aromatic rings. The Balaban J connectivity index is 2.83. The number of aliphatic hydroxyl groups is 1. The van der Waals surface area contributed by atoms with E-state index in [4.69, 9.17) is 0 Å². The zero-order valence-corrected chi connectivity index (χ0v) is 8.83. The van der Waals surface area contributed by atoms with E-state index in [-0.39, 0.29) is 0 Å². The quantitative estimate of drug-likeness (QED) is 0.723. The second-order valence-corrected chi connectivity index (χ2v) is 3.29. The van der Waals surface area contributed by atoms with Crippen molar-refractivity contribution in [3.8, 4) is 11.8 Å². The van der Waals surface area contributed by atoms with Gasteiger partial charge >= 0.3 is 0 Å². The fraction of sp³-hybridized carbons (Fsp3) is 0.417. The first-order valence-electron chi connectivity index (χ1n) is 4.67. The zero-order chi connectivity index (χ0) is 10.6. The molecular weight excluding hydrogens is 174 g/mol. The van der Waals surface area contributed by atoms with Crippen LogP contribution in [0.2, 0.25) is 0 Å². The first kappa shape index (κ1) is 10.7. The lowest BCUT2D eigenvalue weighted by Crippen LogP contribution is -2.01. The van der Waals surface area contributed by atoms with Gasteiger partial charge in [0.15, 0.2) is 0 Å². The zero-order valence-electron chi connectivity index (χ0n) is 8.83. The first-order chi connectivity index (χ1) is 6.65. The van der Waals surface area contributed by atoms with Gasteiger partial charge in [0.25, 0.3) is 0 Å². The number of aromatic nitrogens is 1. The van der Waals surface area contributed by atoms with E-state index in [2.05, 4.69) is 16.8 Å². The number of aliphatic hydroxyl groups excluding tert-OH is 1. The molecule has 0 aliphatic heterocycles. The van der Waals surface area contributed by atoms with Crippen LogP contribution in [0.3, 0.4) is 0 Å². The second kappa shape index (κ2) is 4.78. The van der Waals surface area contributed by atoms with Gasteiger partial charge in [-0.15, -0.1) is 11.8 Å². The molecule has 2 nitrogen and oxygen atoms in total. The summed E-state index contributed by atoms with van der Waals surface area (Å²) in [6.07, 6.45) is -0.117. The lowest BCUT2D eigenvalue weighted by molar-refractivity contribution is 0.179. The Bertz CT molecular complexity index is 374. The average molecular weight is 189 g/mol. The monoisotopic (exact) mass is 189 g/mol. The van der Waals surface area contributed by atoms with Crippen LogP contribution in [0, 0.1) is 25.7 Å². The van der Waals surface area contributed by atoms with Crippen molar-refractivity contribution in [3.63, 3.8) is 0 Å². The minimum absolute atomic E-state index is 0.450. The van der Waals surface area contributed by atoms with Crippen LogP contribution < -0.4 is 0 Å². The third kappa shape index (κ3) is 2.58. The molecule has 0 aliphatic carbocycles. The number of pyridine rings is 1. The molecule has 1 atom stereocenters. The van der Waals surface area contributed by atoms with Crippen molar-refractivity contribution >= 4 is 0 Å². The highest BCUT2D eigenvalue weighted by molar-refractivity contribution is 5.22. The minimum atomic E-state index is -0.568. The number of hydrogen-bond acceptors (Lipinski definition) is 2. The van der Waals surface area contributed by atoms with Gasteiger partial charge in [-0.05, 0) is 32.4 Å². The summed E-state index contributed by atoms with van der Waals surface area (Å²) in [6, 6.07) is 3.82. The summed E-state index contributed by atoms with van der Waals surface area (Å²) >= 11 is 0. The van der Waals surface area contributed by atoms with Crippen molar-refractivity contribution in [1.82, 2.24) is 4.98 Å². The molecule has 14 heavy (non-hydrogen) atoms. The average Bonchev–Trinajstić information content (AvgIpc) is 2.18. The summed E-state index contributed by atoms with van der Waals surface area (Å²) in [5, 5.41) is 9.70. The highest BCUT2D eigenvalue weighted by Gasteiger charge is 2.07. The molecule has 0 amide bonds. The van der Waals surface area contributed by atoms with Gasteiger partial charge in [-0.1, -0.05) is 6.07 Å². The van der Waals surface area contributed by atoms with E-state index in [1.54, 1.807) is 6.92 Å². The van der Waals surface area contributed by atoms with Gasteiger partial charge in [-0.3, -0.25) is 4.98 Å². The Kier molecular flexibility index (Phi) is 3.67. The number of nitrogens with zero attached hydrogens (tertiary/aromatic N) is 1. The Morgan fingerprint density at radius 1 is 1.43 bits per heavy atom. The van der Waals surface area contributed by atoms with Gasteiger partial charge in [0.1, 0.15) is 6.10 Å². The largest absolute Gasteiger partial charge is 0.386 e. The van der Waals surface area contributed by atoms with Crippen LogP contribution in [0.5, 0.6) is 0 Å². The molecule has 0 radical (unpaired) electrons. The van der Waals surface area contributed by atoms with Crippen molar-refractivity contribution in [3.05, 3.63) is 29.1 Å². The Morgan fingerprint density at radius 2 is 2.14 bits per heavy atom. The maximum Gasteiger partial charge on any atom is 0.107 e. The first-order valence-corrected chi connectivity index (χ1v) is 4.67. The Hall–Kier alpha value is -1.33. The highest BCUT2D eigenvalue weighted by atomic mass is 16.3. The van der Waals surface area contributed by atoms with E-state index in [0.717, 1.165) is 11.3 Å². The van der Waals surface area contributed by atoms with Crippen molar-refractivity contribution in [2.75, 3.05) is 0 Å². The maximum absolute atomic E-state index is 9.70.